The van der Waals surface area contributed by atoms with E-state index < -0.39 is 5.82 Å². The number of anilines is 2. The Morgan fingerprint density at radius 1 is 1.26 bits per heavy atom. The molecule has 0 radical (unpaired) electrons. The molecule has 1 amide bonds. The Labute approximate surface area is 115 Å². The predicted octanol–water partition coefficient (Wildman–Crippen LogP) is 3.62. The van der Waals surface area contributed by atoms with E-state index in [4.69, 9.17) is 17.3 Å². The first-order chi connectivity index (χ1) is 8.97. The van der Waals surface area contributed by atoms with E-state index in [2.05, 4.69) is 5.32 Å². The molecular weight excluding hydrogens is 267 g/mol. The van der Waals surface area contributed by atoms with Crippen LogP contribution >= 0.6 is 11.6 Å². The Hall–Kier alpha value is -2.07. The maximum Gasteiger partial charge on any atom is 0.255 e. The molecule has 0 atom stereocenters. The fourth-order valence-corrected chi connectivity index (χ4v) is 1.77. The normalized spacial score (nSPS) is 10.3. The highest BCUT2D eigenvalue weighted by Gasteiger charge is 2.10. The van der Waals surface area contributed by atoms with Crippen LogP contribution in [0.2, 0.25) is 5.02 Å². The van der Waals surface area contributed by atoms with Gasteiger partial charge in [-0.25, -0.2) is 4.39 Å². The Balaban J connectivity index is 2.25. The lowest BCUT2D eigenvalue weighted by Gasteiger charge is -2.08. The Kier molecular flexibility index (Phi) is 3.71. The molecule has 0 bridgehead atoms. The van der Waals surface area contributed by atoms with Gasteiger partial charge in [0.05, 0.1) is 10.7 Å². The van der Waals surface area contributed by atoms with Crippen LogP contribution in [0.1, 0.15) is 15.9 Å². The fourth-order valence-electron chi connectivity index (χ4n) is 1.60. The second-order valence-corrected chi connectivity index (χ2v) is 4.56. The van der Waals surface area contributed by atoms with Gasteiger partial charge in [0, 0.05) is 11.3 Å². The molecule has 19 heavy (non-hydrogen) atoms. The van der Waals surface area contributed by atoms with Gasteiger partial charge >= 0.3 is 0 Å². The van der Waals surface area contributed by atoms with Crippen molar-refractivity contribution in [1.29, 1.82) is 0 Å². The number of nitrogen functional groups attached to an aromatic ring is 1. The predicted molar refractivity (Wildman–Crippen MR) is 75.0 cm³/mol. The van der Waals surface area contributed by atoms with Gasteiger partial charge in [0.15, 0.2) is 0 Å². The van der Waals surface area contributed by atoms with Crippen LogP contribution in [0.15, 0.2) is 36.4 Å². The van der Waals surface area contributed by atoms with Crippen molar-refractivity contribution < 1.29 is 9.18 Å². The molecule has 0 aliphatic carbocycles. The number of rotatable bonds is 2. The van der Waals surface area contributed by atoms with Gasteiger partial charge in [0.2, 0.25) is 0 Å². The van der Waals surface area contributed by atoms with Crippen molar-refractivity contribution in [3.63, 3.8) is 0 Å². The fraction of sp³-hybridized carbons (Fsp3) is 0.0714. The average Bonchev–Trinajstić information content (AvgIpc) is 2.37. The van der Waals surface area contributed by atoms with Crippen molar-refractivity contribution >= 4 is 28.9 Å². The van der Waals surface area contributed by atoms with Crippen LogP contribution in [0.25, 0.3) is 0 Å². The van der Waals surface area contributed by atoms with Gasteiger partial charge in [-0.3, -0.25) is 4.79 Å². The molecule has 5 heteroatoms. The van der Waals surface area contributed by atoms with Crippen LogP contribution in [0.3, 0.4) is 0 Å². The van der Waals surface area contributed by atoms with Gasteiger partial charge in [-0.1, -0.05) is 11.6 Å². The van der Waals surface area contributed by atoms with Crippen LogP contribution in [0.5, 0.6) is 0 Å². The van der Waals surface area contributed by atoms with Crippen molar-refractivity contribution in [3.05, 3.63) is 58.4 Å². The topological polar surface area (TPSA) is 55.1 Å². The molecule has 0 aromatic heterocycles. The Morgan fingerprint density at radius 3 is 2.68 bits per heavy atom. The van der Waals surface area contributed by atoms with Crippen molar-refractivity contribution in [2.24, 2.45) is 0 Å². The Morgan fingerprint density at radius 2 is 2.00 bits per heavy atom. The second kappa shape index (κ2) is 5.28. The van der Waals surface area contributed by atoms with E-state index in [0.29, 0.717) is 11.3 Å². The minimum Gasteiger partial charge on any atom is -0.399 e. The number of halogens is 2. The quantitative estimate of drug-likeness (QED) is 0.824. The van der Waals surface area contributed by atoms with Crippen LogP contribution < -0.4 is 11.1 Å². The van der Waals surface area contributed by atoms with Crippen molar-refractivity contribution in [2.75, 3.05) is 11.1 Å². The zero-order valence-corrected chi connectivity index (χ0v) is 11.0. The molecule has 0 heterocycles. The lowest BCUT2D eigenvalue weighted by molar-refractivity contribution is 0.102. The summed E-state index contributed by atoms with van der Waals surface area (Å²) in [5.74, 6) is -0.830. The molecule has 2 rings (SSSR count). The van der Waals surface area contributed by atoms with E-state index in [1.165, 1.54) is 18.2 Å². The highest BCUT2D eigenvalue weighted by atomic mass is 35.5. The van der Waals surface area contributed by atoms with Gasteiger partial charge < -0.3 is 11.1 Å². The lowest BCUT2D eigenvalue weighted by atomic mass is 10.1. The van der Waals surface area contributed by atoms with Crippen molar-refractivity contribution in [3.8, 4) is 0 Å². The van der Waals surface area contributed by atoms with Gasteiger partial charge in [0.1, 0.15) is 5.82 Å². The maximum absolute atomic E-state index is 13.1. The van der Waals surface area contributed by atoms with E-state index in [9.17, 15) is 9.18 Å². The van der Waals surface area contributed by atoms with Crippen LogP contribution in [-0.2, 0) is 0 Å². The maximum atomic E-state index is 13.1. The summed E-state index contributed by atoms with van der Waals surface area (Å²) in [4.78, 5) is 12.0. The molecule has 0 saturated heterocycles. The highest BCUT2D eigenvalue weighted by Crippen LogP contribution is 2.23. The summed E-state index contributed by atoms with van der Waals surface area (Å²) in [6, 6.07) is 8.71. The van der Waals surface area contributed by atoms with E-state index in [1.807, 2.05) is 0 Å². The number of carbonyl (C=O) groups excluding carboxylic acids is 1. The van der Waals surface area contributed by atoms with Gasteiger partial charge in [0.25, 0.3) is 5.91 Å². The molecule has 2 aromatic carbocycles. The number of hydrogen-bond acceptors (Lipinski definition) is 2. The molecule has 0 fully saturated rings. The third kappa shape index (κ3) is 3.03. The molecule has 2 aromatic rings. The number of carbonyl (C=O) groups is 1. The smallest absolute Gasteiger partial charge is 0.255 e. The number of amides is 1. The molecule has 98 valence electrons. The first-order valence-electron chi connectivity index (χ1n) is 5.60. The summed E-state index contributed by atoms with van der Waals surface area (Å²) in [6.45, 7) is 1.81. The van der Waals surface area contributed by atoms with Crippen LogP contribution in [-0.4, -0.2) is 5.91 Å². The molecule has 0 aliphatic rings. The summed E-state index contributed by atoms with van der Waals surface area (Å²) in [7, 11) is 0. The number of nitrogens with two attached hydrogens (primary N) is 1. The third-order valence-electron chi connectivity index (χ3n) is 2.71. The molecule has 3 nitrogen and oxygen atoms in total. The van der Waals surface area contributed by atoms with Gasteiger partial charge in [-0.15, -0.1) is 0 Å². The zero-order valence-electron chi connectivity index (χ0n) is 10.2. The first-order valence-corrected chi connectivity index (χ1v) is 5.97. The minimum absolute atomic E-state index is 0.237. The number of aryl methyl sites for hydroxylation is 1. The highest BCUT2D eigenvalue weighted by molar-refractivity contribution is 6.33. The summed E-state index contributed by atoms with van der Waals surface area (Å²) in [6.07, 6.45) is 0. The Bertz CT molecular complexity index is 643. The first kappa shape index (κ1) is 13.4. The number of hydrogen-bond donors (Lipinski definition) is 2. The van der Waals surface area contributed by atoms with Gasteiger partial charge in [-0.05, 0) is 48.9 Å². The summed E-state index contributed by atoms with van der Waals surface area (Å²) >= 11 is 5.88. The largest absolute Gasteiger partial charge is 0.399 e. The minimum atomic E-state index is -0.465. The summed E-state index contributed by atoms with van der Waals surface area (Å²) in [5, 5.41) is 2.84. The zero-order chi connectivity index (χ0) is 14.0. The SMILES string of the molecule is Cc1cc(C(=O)Nc2cc(F)ccc2Cl)ccc1N. The van der Waals surface area contributed by atoms with Crippen LogP contribution in [0, 0.1) is 12.7 Å². The molecular formula is C14H12ClFN2O. The second-order valence-electron chi connectivity index (χ2n) is 4.15. The third-order valence-corrected chi connectivity index (χ3v) is 3.04. The van der Waals surface area contributed by atoms with E-state index >= 15 is 0 Å². The summed E-state index contributed by atoms with van der Waals surface area (Å²) < 4.78 is 13.1. The average molecular weight is 279 g/mol. The summed E-state index contributed by atoms with van der Waals surface area (Å²) in [5.41, 5.74) is 7.77. The van der Waals surface area contributed by atoms with Crippen LogP contribution in [0.4, 0.5) is 15.8 Å². The molecule has 3 N–H and O–H groups in total. The molecule has 0 spiro atoms. The molecule has 0 unspecified atom stereocenters. The van der Waals surface area contributed by atoms with E-state index in [1.54, 1.807) is 25.1 Å². The van der Waals surface area contributed by atoms with Crippen molar-refractivity contribution in [2.45, 2.75) is 6.92 Å². The monoisotopic (exact) mass is 278 g/mol. The van der Waals surface area contributed by atoms with E-state index in [0.717, 1.165) is 5.56 Å². The standard InChI is InChI=1S/C14H12ClFN2O/c1-8-6-9(2-5-12(8)17)14(19)18-13-7-10(16)3-4-11(13)15/h2-7H,17H2,1H3,(H,18,19). The van der Waals surface area contributed by atoms with E-state index in [-0.39, 0.29) is 16.6 Å². The number of benzene rings is 2. The lowest BCUT2D eigenvalue weighted by Crippen LogP contribution is -2.12. The van der Waals surface area contributed by atoms with Gasteiger partial charge in [-0.2, -0.15) is 0 Å². The molecule has 0 saturated carbocycles. The molecule has 0 aliphatic heterocycles. The number of nitrogens with one attached hydrogen (secondary N) is 1. The van der Waals surface area contributed by atoms with Crippen molar-refractivity contribution in [1.82, 2.24) is 0 Å².